The Bertz CT molecular complexity index is 381. The van der Waals surface area contributed by atoms with Crippen molar-refractivity contribution in [3.8, 4) is 0 Å². The molecule has 1 nitrogen and oxygen atoms in total. The molecule has 0 atom stereocenters. The predicted octanol–water partition coefficient (Wildman–Crippen LogP) is 6.08. The maximum atomic E-state index is 4.99. The van der Waals surface area contributed by atoms with Crippen LogP contribution in [0, 0.1) is 6.92 Å². The maximum absolute atomic E-state index is 4.99. The SMILES string of the molecule is CCCCP(C)(CCCC)(CCCC)c1csc(C)n1.Cl. The zero-order valence-electron chi connectivity index (χ0n) is 14.7. The quantitative estimate of drug-likeness (QED) is 0.465. The molecule has 0 radical (unpaired) electrons. The minimum atomic E-state index is -1.80. The van der Waals surface area contributed by atoms with Gasteiger partial charge in [0.25, 0.3) is 0 Å². The second-order valence-corrected chi connectivity index (χ2v) is 14.3. The second-order valence-electron chi connectivity index (χ2n) is 6.77. The first kappa shape index (κ1) is 21.4. The zero-order chi connectivity index (χ0) is 15.1. The Morgan fingerprint density at radius 3 is 1.67 bits per heavy atom. The Morgan fingerprint density at radius 2 is 1.38 bits per heavy atom. The van der Waals surface area contributed by atoms with Gasteiger partial charge in [0.15, 0.2) is 0 Å². The van der Waals surface area contributed by atoms with Crippen LogP contribution >= 0.6 is 30.3 Å². The van der Waals surface area contributed by atoms with Gasteiger partial charge < -0.3 is 0 Å². The van der Waals surface area contributed by atoms with Gasteiger partial charge in [0.05, 0.1) is 0 Å². The number of aryl methyl sites for hydroxylation is 1. The van der Waals surface area contributed by atoms with Crippen molar-refractivity contribution >= 4 is 35.8 Å². The van der Waals surface area contributed by atoms with Crippen LogP contribution in [0.1, 0.15) is 64.3 Å². The molecule has 126 valence electrons. The average molecular weight is 352 g/mol. The fraction of sp³-hybridized carbons (Fsp3) is 0.824. The van der Waals surface area contributed by atoms with Crippen molar-refractivity contribution in [3.63, 3.8) is 0 Å². The Morgan fingerprint density at radius 1 is 0.952 bits per heavy atom. The third-order valence-electron chi connectivity index (χ3n) is 4.81. The summed E-state index contributed by atoms with van der Waals surface area (Å²) in [7, 11) is 0. The summed E-state index contributed by atoms with van der Waals surface area (Å²) in [6.07, 6.45) is 12.3. The molecule has 1 aromatic rings. The van der Waals surface area contributed by atoms with Gasteiger partial charge in [0.2, 0.25) is 0 Å². The van der Waals surface area contributed by atoms with Gasteiger partial charge in [0, 0.05) is 0 Å². The van der Waals surface area contributed by atoms with Gasteiger partial charge in [0.1, 0.15) is 0 Å². The first-order valence-corrected chi connectivity index (χ1v) is 12.5. The Balaban J connectivity index is 0.00000400. The van der Waals surface area contributed by atoms with E-state index in [1.54, 1.807) is 0 Å². The van der Waals surface area contributed by atoms with Crippen molar-refractivity contribution in [1.29, 1.82) is 0 Å². The van der Waals surface area contributed by atoms with E-state index in [-0.39, 0.29) is 12.4 Å². The first-order chi connectivity index (χ1) is 9.49. The molecule has 1 heterocycles. The number of aromatic nitrogens is 1. The minimum Gasteiger partial charge on any atom is -0.147 e. The molecular formula is C17H35ClNPS. The summed E-state index contributed by atoms with van der Waals surface area (Å²) in [5, 5.41) is 3.65. The molecule has 0 fully saturated rings. The van der Waals surface area contributed by atoms with Gasteiger partial charge in [-0.1, -0.05) is 0 Å². The van der Waals surface area contributed by atoms with E-state index in [4.69, 9.17) is 4.98 Å². The molecule has 0 aliphatic heterocycles. The molecule has 0 aliphatic rings. The molecule has 1 aromatic heterocycles. The fourth-order valence-corrected chi connectivity index (χ4v) is 10.8. The molecule has 1 rings (SSSR count). The summed E-state index contributed by atoms with van der Waals surface area (Å²) in [4.78, 5) is 4.99. The van der Waals surface area contributed by atoms with Crippen LogP contribution in [0.5, 0.6) is 0 Å². The molecule has 0 aliphatic carbocycles. The van der Waals surface area contributed by atoms with Crippen molar-refractivity contribution < 1.29 is 0 Å². The van der Waals surface area contributed by atoms with Crippen molar-refractivity contribution in [3.05, 3.63) is 10.4 Å². The molecule has 0 spiro atoms. The monoisotopic (exact) mass is 351 g/mol. The molecule has 0 aromatic carbocycles. The van der Waals surface area contributed by atoms with E-state index in [1.165, 1.54) is 67.5 Å². The molecule has 4 heteroatoms. The minimum absolute atomic E-state index is 0. The van der Waals surface area contributed by atoms with E-state index < -0.39 is 6.60 Å². The van der Waals surface area contributed by atoms with E-state index in [2.05, 4.69) is 39.7 Å². The van der Waals surface area contributed by atoms with Crippen LogP contribution in [0.2, 0.25) is 0 Å². The summed E-state index contributed by atoms with van der Waals surface area (Å²) >= 11 is 1.85. The summed E-state index contributed by atoms with van der Waals surface area (Å²) in [6.45, 7) is 9.99. The molecule has 0 unspecified atom stereocenters. The molecule has 0 N–H and O–H groups in total. The molecule has 0 saturated carbocycles. The van der Waals surface area contributed by atoms with Gasteiger partial charge in [-0.15, -0.1) is 12.4 Å². The number of nitrogens with zero attached hydrogens (tertiary/aromatic N) is 1. The Hall–Kier alpha value is 0.350. The number of unbranched alkanes of at least 4 members (excludes halogenated alkanes) is 3. The van der Waals surface area contributed by atoms with Crippen LogP contribution < -0.4 is 5.44 Å². The normalized spacial score (nSPS) is 13.5. The topological polar surface area (TPSA) is 12.9 Å². The second kappa shape index (κ2) is 9.48. The Labute approximate surface area is 142 Å². The van der Waals surface area contributed by atoms with Crippen LogP contribution in [-0.2, 0) is 0 Å². The van der Waals surface area contributed by atoms with Gasteiger partial charge in [-0.2, -0.15) is 0 Å². The predicted molar refractivity (Wildman–Crippen MR) is 106 cm³/mol. The molecule has 0 amide bonds. The number of hydrogen-bond donors (Lipinski definition) is 0. The Kier molecular flexibility index (Phi) is 9.64. The van der Waals surface area contributed by atoms with Crippen molar-refractivity contribution in [1.82, 2.24) is 4.98 Å². The van der Waals surface area contributed by atoms with E-state index in [9.17, 15) is 0 Å². The third-order valence-corrected chi connectivity index (χ3v) is 12.3. The van der Waals surface area contributed by atoms with Crippen LogP contribution in [0.3, 0.4) is 0 Å². The molecule has 0 saturated heterocycles. The van der Waals surface area contributed by atoms with Crippen LogP contribution in [0.4, 0.5) is 0 Å². The summed E-state index contributed by atoms with van der Waals surface area (Å²) in [6, 6.07) is 0. The molecule has 0 bridgehead atoms. The maximum Gasteiger partial charge on any atom is -0.147 e. The number of halogens is 1. The van der Waals surface area contributed by atoms with Gasteiger partial charge in [-0.05, 0) is 0 Å². The van der Waals surface area contributed by atoms with E-state index in [0.717, 1.165) is 0 Å². The van der Waals surface area contributed by atoms with E-state index in [1.807, 2.05) is 11.3 Å². The summed E-state index contributed by atoms with van der Waals surface area (Å²) in [5.74, 6) is 0. The summed E-state index contributed by atoms with van der Waals surface area (Å²) in [5.41, 5.74) is 1.51. The zero-order valence-corrected chi connectivity index (χ0v) is 17.2. The molecular weight excluding hydrogens is 317 g/mol. The van der Waals surface area contributed by atoms with Crippen LogP contribution in [0.25, 0.3) is 0 Å². The first-order valence-electron chi connectivity index (χ1n) is 8.42. The van der Waals surface area contributed by atoms with Crippen molar-refractivity contribution in [2.45, 2.75) is 66.2 Å². The van der Waals surface area contributed by atoms with Crippen LogP contribution in [-0.4, -0.2) is 30.1 Å². The van der Waals surface area contributed by atoms with Gasteiger partial charge >= 0.3 is 130 Å². The van der Waals surface area contributed by atoms with E-state index in [0.29, 0.717) is 0 Å². The number of hydrogen-bond acceptors (Lipinski definition) is 2. The smallest absolute Gasteiger partial charge is 0.147 e. The standard InChI is InChI=1S/C17H34NPS.ClH/c1-6-9-12-19(5,13-10-7-2,14-11-8-3)17-15-20-16(4)18-17;/h15H,6-14H2,1-5H3;1H. The average Bonchev–Trinajstić information content (AvgIpc) is 2.89. The summed E-state index contributed by atoms with van der Waals surface area (Å²) < 4.78 is 0. The van der Waals surface area contributed by atoms with Crippen molar-refractivity contribution in [2.75, 3.05) is 25.2 Å². The number of rotatable bonds is 10. The largest absolute Gasteiger partial charge is 0.147 e. The fourth-order valence-electron chi connectivity index (χ4n) is 3.21. The van der Waals surface area contributed by atoms with Gasteiger partial charge in [-0.3, -0.25) is 0 Å². The van der Waals surface area contributed by atoms with E-state index >= 15 is 0 Å². The molecule has 21 heavy (non-hydrogen) atoms. The van der Waals surface area contributed by atoms with Crippen molar-refractivity contribution in [2.24, 2.45) is 0 Å². The van der Waals surface area contributed by atoms with Gasteiger partial charge in [-0.25, -0.2) is 0 Å². The number of thiazole rings is 1. The third kappa shape index (κ3) is 5.48. The van der Waals surface area contributed by atoms with Crippen LogP contribution in [0.15, 0.2) is 5.38 Å².